The Morgan fingerprint density at radius 1 is 1.02 bits per heavy atom. The molecule has 1 amide bonds. The van der Waals surface area contributed by atoms with Crippen molar-refractivity contribution in [3.05, 3.63) is 122 Å². The molecular formula is C40H31ClF6N10O4S. The summed E-state index contributed by atoms with van der Waals surface area (Å²) in [5.74, 6) is -9.14. The van der Waals surface area contributed by atoms with E-state index < -0.39 is 87.7 Å². The minimum Gasteiger partial charge on any atom is -0.344 e. The van der Waals surface area contributed by atoms with Gasteiger partial charge in [0.05, 0.1) is 50.7 Å². The number of anilines is 1. The molecule has 14 nitrogen and oxygen atoms in total. The Labute approximate surface area is 351 Å². The van der Waals surface area contributed by atoms with Crippen molar-refractivity contribution in [2.75, 3.05) is 11.0 Å². The summed E-state index contributed by atoms with van der Waals surface area (Å²) in [7, 11) is -2.47. The highest BCUT2D eigenvalue weighted by Crippen LogP contribution is 2.68. The molecule has 9 rings (SSSR count). The summed E-state index contributed by atoms with van der Waals surface area (Å²) in [6.45, 7) is 0.840. The zero-order chi connectivity index (χ0) is 44.2. The smallest absolute Gasteiger partial charge is 0.293 e. The Hall–Kier alpha value is -6.35. The van der Waals surface area contributed by atoms with Gasteiger partial charge in [-0.25, -0.2) is 35.9 Å². The average molecular weight is 897 g/mol. The maximum Gasteiger partial charge on any atom is 0.293 e. The number of carbonyl (C=O) groups is 1. The number of amides is 1. The number of nitrogens with one attached hydrogen (secondary N) is 2. The lowest BCUT2D eigenvalue weighted by Crippen LogP contribution is -2.38. The van der Waals surface area contributed by atoms with Crippen molar-refractivity contribution in [3.8, 4) is 17.1 Å². The molecule has 2 aliphatic carbocycles. The molecule has 2 N–H and O–H groups in total. The molecule has 2 aromatic carbocycles. The highest BCUT2D eigenvalue weighted by Gasteiger charge is 2.67. The van der Waals surface area contributed by atoms with E-state index >= 15 is 8.78 Å². The zero-order valence-electron chi connectivity index (χ0n) is 32.5. The molecule has 5 aromatic heterocycles. The average Bonchev–Trinajstić information content (AvgIpc) is 3.72. The fourth-order valence-corrected chi connectivity index (χ4v) is 9.02. The van der Waals surface area contributed by atoms with E-state index in [1.807, 2.05) is 6.92 Å². The van der Waals surface area contributed by atoms with Crippen LogP contribution in [0.5, 0.6) is 0 Å². The third-order valence-electron chi connectivity index (χ3n) is 10.8. The number of hydrogen-bond acceptors (Lipinski definition) is 9. The van der Waals surface area contributed by atoms with Crippen LogP contribution in [0.1, 0.15) is 58.7 Å². The fourth-order valence-electron chi connectivity index (χ4n) is 8.28. The topological polar surface area (TPSA) is 172 Å². The van der Waals surface area contributed by atoms with E-state index in [9.17, 15) is 35.6 Å². The van der Waals surface area contributed by atoms with Gasteiger partial charge in [-0.2, -0.15) is 19.0 Å². The van der Waals surface area contributed by atoms with Gasteiger partial charge in [0, 0.05) is 37.2 Å². The molecule has 0 unspecified atom stereocenters. The molecule has 0 radical (unpaired) electrons. The predicted octanol–water partition coefficient (Wildman–Crippen LogP) is 6.78. The van der Waals surface area contributed by atoms with Gasteiger partial charge in [-0.05, 0) is 78.9 Å². The van der Waals surface area contributed by atoms with E-state index in [0.29, 0.717) is 22.1 Å². The molecule has 62 heavy (non-hydrogen) atoms. The molecule has 0 bridgehead atoms. The van der Waals surface area contributed by atoms with E-state index in [-0.39, 0.29) is 61.8 Å². The number of aromatic nitrogens is 8. The molecular weight excluding hydrogens is 866 g/mol. The Kier molecular flexibility index (Phi) is 9.69. The third kappa shape index (κ3) is 7.11. The fraction of sp³-hybridized carbons (Fsp3) is 0.275. The summed E-state index contributed by atoms with van der Waals surface area (Å²) in [5, 5.41) is 10.7. The van der Waals surface area contributed by atoms with Crippen molar-refractivity contribution in [1.82, 2.24) is 44.4 Å². The van der Waals surface area contributed by atoms with Crippen molar-refractivity contribution in [3.63, 3.8) is 0 Å². The van der Waals surface area contributed by atoms with Crippen LogP contribution < -0.4 is 15.6 Å². The molecule has 0 aliphatic heterocycles. The first-order valence-electron chi connectivity index (χ1n) is 18.8. The van der Waals surface area contributed by atoms with E-state index in [0.717, 1.165) is 28.5 Å². The Morgan fingerprint density at radius 3 is 2.45 bits per heavy atom. The first-order chi connectivity index (χ1) is 29.3. The number of hydrogen-bond donors (Lipinski definition) is 2. The molecule has 320 valence electrons. The number of benzene rings is 2. The minimum absolute atomic E-state index is 0.00483. The second kappa shape index (κ2) is 14.6. The predicted molar refractivity (Wildman–Crippen MR) is 214 cm³/mol. The summed E-state index contributed by atoms with van der Waals surface area (Å²) in [6, 6.07) is 10.3. The van der Waals surface area contributed by atoms with Crippen LogP contribution >= 0.6 is 11.6 Å². The summed E-state index contributed by atoms with van der Waals surface area (Å²) in [6.07, 6.45) is -1.25. The number of nitrogens with zero attached hydrogens (tertiary/aromatic N) is 8. The summed E-state index contributed by atoms with van der Waals surface area (Å²) < 4.78 is 119. The monoisotopic (exact) mass is 896 g/mol. The van der Waals surface area contributed by atoms with Gasteiger partial charge in [0.25, 0.3) is 17.9 Å². The first kappa shape index (κ1) is 41.0. The van der Waals surface area contributed by atoms with Gasteiger partial charge < -0.3 is 5.32 Å². The molecule has 7 aromatic rings. The van der Waals surface area contributed by atoms with Gasteiger partial charge in [-0.3, -0.25) is 33.2 Å². The number of sulfonamides is 1. The van der Waals surface area contributed by atoms with Crippen LogP contribution in [0.25, 0.3) is 39.0 Å². The highest BCUT2D eigenvalue weighted by molar-refractivity contribution is 7.92. The highest BCUT2D eigenvalue weighted by atomic mass is 35.5. The van der Waals surface area contributed by atoms with Crippen molar-refractivity contribution >= 4 is 55.3 Å². The van der Waals surface area contributed by atoms with E-state index in [2.05, 4.69) is 30.2 Å². The molecule has 1 fully saturated rings. The lowest BCUT2D eigenvalue weighted by molar-refractivity contribution is -0.123. The maximum absolute atomic E-state index is 15.5. The number of carbonyl (C=O) groups excluding carboxylic acids is 1. The minimum atomic E-state index is -3.92. The molecule has 0 saturated heterocycles. The molecule has 2 aliphatic rings. The van der Waals surface area contributed by atoms with Crippen molar-refractivity contribution in [2.24, 2.45) is 13.0 Å². The summed E-state index contributed by atoms with van der Waals surface area (Å²) >= 11 is 6.62. The van der Waals surface area contributed by atoms with Crippen LogP contribution in [0.2, 0.25) is 5.02 Å². The van der Waals surface area contributed by atoms with Crippen LogP contribution in [0.4, 0.5) is 32.2 Å². The van der Waals surface area contributed by atoms with Crippen molar-refractivity contribution in [2.45, 2.75) is 50.6 Å². The van der Waals surface area contributed by atoms with Crippen LogP contribution in [0.3, 0.4) is 0 Å². The normalized spacial score (nSPS) is 17.1. The van der Waals surface area contributed by atoms with Crippen LogP contribution in [0, 0.1) is 24.5 Å². The lowest BCUT2D eigenvalue weighted by atomic mass is 10.0. The second-order valence-electron chi connectivity index (χ2n) is 15.3. The lowest BCUT2D eigenvalue weighted by Gasteiger charge is -2.24. The number of halogens is 7. The van der Waals surface area contributed by atoms with Crippen LogP contribution in [-0.4, -0.2) is 59.7 Å². The Bertz CT molecular complexity index is 3190. The van der Waals surface area contributed by atoms with E-state index in [1.165, 1.54) is 36.0 Å². The van der Waals surface area contributed by atoms with E-state index in [4.69, 9.17) is 16.6 Å². The second-order valence-corrected chi connectivity index (χ2v) is 17.5. The largest absolute Gasteiger partial charge is 0.344 e. The van der Waals surface area contributed by atoms with Crippen molar-refractivity contribution < 1.29 is 39.6 Å². The van der Waals surface area contributed by atoms with E-state index in [1.54, 1.807) is 18.3 Å². The number of alkyl halides is 4. The number of rotatable bonds is 11. The molecule has 3 atom stereocenters. The van der Waals surface area contributed by atoms with Gasteiger partial charge >= 0.3 is 0 Å². The zero-order valence-corrected chi connectivity index (χ0v) is 34.0. The quantitative estimate of drug-likeness (QED) is 0.133. The molecule has 0 spiro atoms. The molecule has 5 heterocycles. The number of pyridine rings is 2. The third-order valence-corrected chi connectivity index (χ3v) is 11.7. The van der Waals surface area contributed by atoms with Gasteiger partial charge in [-0.1, -0.05) is 11.6 Å². The van der Waals surface area contributed by atoms with Gasteiger partial charge in [-0.15, -0.1) is 0 Å². The number of fused-ring (bicyclic) bond motifs is 5. The van der Waals surface area contributed by atoms with Crippen molar-refractivity contribution in [1.29, 1.82) is 0 Å². The molecule has 1 saturated carbocycles. The van der Waals surface area contributed by atoms with Gasteiger partial charge in [0.1, 0.15) is 35.4 Å². The van der Waals surface area contributed by atoms with Gasteiger partial charge in [0.15, 0.2) is 11.5 Å². The summed E-state index contributed by atoms with van der Waals surface area (Å²) in [4.78, 5) is 42.9. The first-order valence-corrected chi connectivity index (χ1v) is 21.1. The Morgan fingerprint density at radius 2 is 1.76 bits per heavy atom. The standard InChI is InChI=1S/C40H31ClF6N10O4S/c1-17-8-9-48-26(10-17)25-6-4-21-36(50-25)51-38(57(39(21)59)28-7-5-24(41)31-33(28)55(2)53-37(31)54-62(3,60)61)27(13-18-11-19(42)14-20(43)12-18)49-29(58)16-56-34-30(32(52-56)35(44)45)22-15-23(22)40(34,46)47/h4-12,14,22-23,27,35H,13,15-16H2,1-3H3,(H,49,58)(H,53,54)/t22-,23+,27-/m0/s1. The number of aryl methyl sites for hydroxylation is 2. The van der Waals surface area contributed by atoms with Crippen LogP contribution in [-0.2, 0) is 40.8 Å². The van der Waals surface area contributed by atoms with Gasteiger partial charge in [0.2, 0.25) is 15.9 Å². The molecule has 22 heteroatoms. The SMILES string of the molecule is Cc1ccnc(-c2ccc3c(=O)n(-c4ccc(Cl)c5c(NS(C)(=O)=O)nn(C)c45)c([C@H](Cc4cc(F)cc(F)c4)NC(=O)Cn4nc(C(F)F)c5c4C(F)(F)[C@@H]4C[C@H]54)nc3n2)c1. The van der Waals surface area contributed by atoms with Crippen LogP contribution in [0.15, 0.2) is 65.6 Å². The Balaban J connectivity index is 1.26. The maximum atomic E-state index is 15.5. The summed E-state index contributed by atoms with van der Waals surface area (Å²) in [5.41, 5.74) is -1.30.